The number of piperazine rings is 1. The van der Waals surface area contributed by atoms with Gasteiger partial charge in [0, 0.05) is 51.0 Å². The molecule has 0 saturated carbocycles. The van der Waals surface area contributed by atoms with Crippen molar-refractivity contribution in [2.75, 3.05) is 62.3 Å². The molecule has 2 aromatic heterocycles. The van der Waals surface area contributed by atoms with Gasteiger partial charge in [-0.1, -0.05) is 0 Å². The van der Waals surface area contributed by atoms with Crippen molar-refractivity contribution in [2.45, 2.75) is 26.4 Å². The zero-order valence-corrected chi connectivity index (χ0v) is 17.7. The van der Waals surface area contributed by atoms with E-state index in [9.17, 15) is 4.79 Å². The molecule has 162 valence electrons. The van der Waals surface area contributed by atoms with Gasteiger partial charge in [-0.05, 0) is 38.1 Å². The van der Waals surface area contributed by atoms with Crippen molar-refractivity contribution in [3.05, 3.63) is 18.3 Å². The number of anilines is 2. The van der Waals surface area contributed by atoms with E-state index in [2.05, 4.69) is 20.0 Å². The summed E-state index contributed by atoms with van der Waals surface area (Å²) in [4.78, 5) is 27.1. The maximum Gasteiger partial charge on any atom is 0.410 e. The number of ether oxygens (including phenoxy) is 2. The van der Waals surface area contributed by atoms with E-state index in [0.717, 1.165) is 24.5 Å². The number of hydrogen-bond donors (Lipinski definition) is 0. The quantitative estimate of drug-likeness (QED) is 0.744. The summed E-state index contributed by atoms with van der Waals surface area (Å²) >= 11 is 0. The maximum absolute atomic E-state index is 12.2. The minimum absolute atomic E-state index is 0.289. The third-order valence-corrected chi connectivity index (χ3v) is 4.96. The summed E-state index contributed by atoms with van der Waals surface area (Å²) in [6, 6.07) is 3.82. The van der Waals surface area contributed by atoms with Crippen molar-refractivity contribution < 1.29 is 18.8 Å². The van der Waals surface area contributed by atoms with Gasteiger partial charge in [0.1, 0.15) is 11.4 Å². The highest BCUT2D eigenvalue weighted by atomic mass is 16.6. The van der Waals surface area contributed by atoms with Gasteiger partial charge in [-0.2, -0.15) is 4.98 Å². The summed E-state index contributed by atoms with van der Waals surface area (Å²) in [6.07, 6.45) is 1.47. The largest absolute Gasteiger partial charge is 0.444 e. The highest BCUT2D eigenvalue weighted by Crippen LogP contribution is 2.24. The fraction of sp³-hybridized carbons (Fsp3) is 0.600. The number of carbonyl (C=O) groups excluding carboxylic acids is 1. The van der Waals surface area contributed by atoms with Crippen LogP contribution in [0.5, 0.6) is 0 Å². The SMILES string of the molecule is CC(C)(C)OC(=O)N1CCN(c2noc(-c3ccnc(N4CCOCC4)c3)n2)CC1. The lowest BCUT2D eigenvalue weighted by Crippen LogP contribution is -2.50. The highest BCUT2D eigenvalue weighted by Gasteiger charge is 2.27. The summed E-state index contributed by atoms with van der Waals surface area (Å²) in [5.74, 6) is 1.86. The van der Waals surface area contributed by atoms with Crippen LogP contribution in [0.2, 0.25) is 0 Å². The summed E-state index contributed by atoms with van der Waals surface area (Å²) in [5, 5.41) is 4.14. The van der Waals surface area contributed by atoms with Crippen molar-refractivity contribution in [1.82, 2.24) is 20.0 Å². The van der Waals surface area contributed by atoms with E-state index in [1.165, 1.54) is 0 Å². The first-order valence-electron chi connectivity index (χ1n) is 10.2. The summed E-state index contributed by atoms with van der Waals surface area (Å²) in [5.41, 5.74) is 0.333. The molecule has 10 heteroatoms. The monoisotopic (exact) mass is 416 g/mol. The Kier molecular flexibility index (Phi) is 5.76. The molecule has 1 amide bonds. The van der Waals surface area contributed by atoms with Crippen LogP contribution in [-0.4, -0.2) is 84.2 Å². The molecule has 4 heterocycles. The number of rotatable bonds is 3. The molecular formula is C20H28N6O4. The molecule has 2 saturated heterocycles. The minimum atomic E-state index is -0.499. The van der Waals surface area contributed by atoms with Gasteiger partial charge in [0.05, 0.1) is 13.2 Å². The number of aromatic nitrogens is 3. The second-order valence-corrected chi connectivity index (χ2v) is 8.36. The van der Waals surface area contributed by atoms with Crippen LogP contribution in [0.1, 0.15) is 20.8 Å². The lowest BCUT2D eigenvalue weighted by atomic mass is 10.2. The second kappa shape index (κ2) is 8.47. The normalized spacial score (nSPS) is 17.9. The van der Waals surface area contributed by atoms with Gasteiger partial charge in [0.2, 0.25) is 0 Å². The van der Waals surface area contributed by atoms with Gasteiger partial charge in [0.15, 0.2) is 0 Å². The van der Waals surface area contributed by atoms with E-state index in [4.69, 9.17) is 14.0 Å². The van der Waals surface area contributed by atoms with E-state index in [1.54, 1.807) is 11.1 Å². The Morgan fingerprint density at radius 1 is 1.07 bits per heavy atom. The summed E-state index contributed by atoms with van der Waals surface area (Å²) < 4.78 is 16.4. The van der Waals surface area contributed by atoms with Crippen molar-refractivity contribution in [3.63, 3.8) is 0 Å². The first-order valence-corrected chi connectivity index (χ1v) is 10.2. The predicted molar refractivity (Wildman–Crippen MR) is 111 cm³/mol. The van der Waals surface area contributed by atoms with Crippen LogP contribution in [0.15, 0.2) is 22.9 Å². The molecule has 0 atom stereocenters. The molecule has 4 rings (SSSR count). The van der Waals surface area contributed by atoms with E-state index in [1.807, 2.05) is 37.8 Å². The van der Waals surface area contributed by atoms with E-state index < -0.39 is 5.60 Å². The Hall–Kier alpha value is -2.88. The molecule has 0 unspecified atom stereocenters. The van der Waals surface area contributed by atoms with Crippen LogP contribution in [0.3, 0.4) is 0 Å². The average molecular weight is 416 g/mol. The standard InChI is InChI=1S/C20H28N6O4/c1-20(2,3)29-19(27)26-8-6-25(7-9-26)18-22-17(30-23-18)15-4-5-21-16(14-15)24-10-12-28-13-11-24/h4-5,14H,6-13H2,1-3H3. The van der Waals surface area contributed by atoms with Crippen molar-refractivity contribution in [3.8, 4) is 11.5 Å². The molecule has 0 radical (unpaired) electrons. The second-order valence-electron chi connectivity index (χ2n) is 8.36. The van der Waals surface area contributed by atoms with E-state index in [-0.39, 0.29) is 6.09 Å². The predicted octanol–water partition coefficient (Wildman–Crippen LogP) is 2.03. The van der Waals surface area contributed by atoms with Crippen LogP contribution < -0.4 is 9.80 Å². The molecule has 0 N–H and O–H groups in total. The van der Waals surface area contributed by atoms with Gasteiger partial charge in [-0.25, -0.2) is 9.78 Å². The Balaban J connectivity index is 1.39. The van der Waals surface area contributed by atoms with Crippen LogP contribution >= 0.6 is 0 Å². The van der Waals surface area contributed by atoms with Crippen LogP contribution in [0.25, 0.3) is 11.5 Å². The van der Waals surface area contributed by atoms with Crippen molar-refractivity contribution in [1.29, 1.82) is 0 Å². The number of nitrogens with zero attached hydrogens (tertiary/aromatic N) is 6. The zero-order valence-electron chi connectivity index (χ0n) is 17.7. The lowest BCUT2D eigenvalue weighted by Gasteiger charge is -2.34. The average Bonchev–Trinajstić information content (AvgIpc) is 3.24. The number of morpholine rings is 1. The number of carbonyl (C=O) groups is 1. The van der Waals surface area contributed by atoms with Crippen LogP contribution in [0.4, 0.5) is 16.6 Å². The molecule has 2 aliphatic heterocycles. The van der Waals surface area contributed by atoms with Crippen molar-refractivity contribution >= 4 is 17.9 Å². The zero-order chi connectivity index (χ0) is 21.1. The smallest absolute Gasteiger partial charge is 0.410 e. The molecule has 2 fully saturated rings. The molecule has 30 heavy (non-hydrogen) atoms. The minimum Gasteiger partial charge on any atom is -0.444 e. The Bertz CT molecular complexity index is 866. The topological polar surface area (TPSA) is 97.1 Å². The maximum atomic E-state index is 12.2. The molecule has 0 aliphatic carbocycles. The Morgan fingerprint density at radius 3 is 2.50 bits per heavy atom. The Morgan fingerprint density at radius 2 is 1.80 bits per heavy atom. The first kappa shape index (κ1) is 20.4. The molecule has 10 nitrogen and oxygen atoms in total. The summed E-state index contributed by atoms with van der Waals surface area (Å²) in [7, 11) is 0. The first-order chi connectivity index (χ1) is 14.4. The Labute approximate surface area is 175 Å². The molecule has 0 bridgehead atoms. The van der Waals surface area contributed by atoms with Crippen LogP contribution in [-0.2, 0) is 9.47 Å². The number of hydrogen-bond acceptors (Lipinski definition) is 9. The number of amides is 1. The fourth-order valence-electron chi connectivity index (χ4n) is 3.39. The molecule has 2 aliphatic rings. The molecule has 2 aromatic rings. The fourth-order valence-corrected chi connectivity index (χ4v) is 3.39. The third-order valence-electron chi connectivity index (χ3n) is 4.96. The molecule has 0 spiro atoms. The van der Waals surface area contributed by atoms with Gasteiger partial charge in [-0.15, -0.1) is 0 Å². The third kappa shape index (κ3) is 4.81. The highest BCUT2D eigenvalue weighted by molar-refractivity contribution is 5.68. The molecule has 0 aromatic carbocycles. The molecular weight excluding hydrogens is 388 g/mol. The van der Waals surface area contributed by atoms with E-state index >= 15 is 0 Å². The number of pyridine rings is 1. The van der Waals surface area contributed by atoms with Gasteiger partial charge >= 0.3 is 6.09 Å². The lowest BCUT2D eigenvalue weighted by molar-refractivity contribution is 0.0240. The summed E-state index contributed by atoms with van der Waals surface area (Å²) in [6.45, 7) is 11.0. The van der Waals surface area contributed by atoms with Gasteiger partial charge in [0.25, 0.3) is 11.8 Å². The van der Waals surface area contributed by atoms with Crippen LogP contribution in [0, 0.1) is 0 Å². The van der Waals surface area contributed by atoms with Gasteiger partial charge in [-0.3, -0.25) is 0 Å². The van der Waals surface area contributed by atoms with Gasteiger partial charge < -0.3 is 28.7 Å². The van der Waals surface area contributed by atoms with E-state index in [0.29, 0.717) is 51.2 Å². The van der Waals surface area contributed by atoms with Crippen molar-refractivity contribution in [2.24, 2.45) is 0 Å².